The number of hydrogen-bond donors (Lipinski definition) is 1. The van der Waals surface area contributed by atoms with Gasteiger partial charge in [0.25, 0.3) is 0 Å². The minimum atomic E-state index is 0.344. The fourth-order valence-corrected chi connectivity index (χ4v) is 0.362. The topological polar surface area (TPSA) is 20.2 Å². The van der Waals surface area contributed by atoms with Crippen LogP contribution in [0, 0.1) is 0 Å². The van der Waals surface area contributed by atoms with Crippen LogP contribution in [0.4, 0.5) is 0 Å². The Morgan fingerprint density at radius 2 is 1.90 bits per heavy atom. The molecule has 10 heavy (non-hydrogen) atoms. The van der Waals surface area contributed by atoms with Gasteiger partial charge in [0.15, 0.2) is 0 Å². The maximum atomic E-state index is 8.07. The highest BCUT2D eigenvalue weighted by molar-refractivity contribution is 4.63. The van der Waals surface area contributed by atoms with Gasteiger partial charge in [-0.1, -0.05) is 32.8 Å². The molecule has 1 nitrogen and oxygen atoms in total. The van der Waals surface area contributed by atoms with Crippen LogP contribution < -0.4 is 0 Å². The first-order valence-electron chi connectivity index (χ1n) is 4.05. The van der Waals surface area contributed by atoms with Gasteiger partial charge in [-0.3, -0.25) is 0 Å². The predicted octanol–water partition coefficient (Wildman–Crippen LogP) is 2.75. The first-order valence-corrected chi connectivity index (χ1v) is 4.05. The molecule has 0 aliphatic heterocycles. The molecule has 0 radical (unpaired) electrons. The van der Waals surface area contributed by atoms with Gasteiger partial charge in [0.05, 0.1) is 0 Å². The summed E-state index contributed by atoms with van der Waals surface area (Å²) in [6, 6.07) is 0. The third kappa shape index (κ3) is 25.2. The van der Waals surface area contributed by atoms with Crippen LogP contribution in [0.3, 0.4) is 0 Å². The smallest absolute Gasteiger partial charge is 0.0430 e. The zero-order valence-corrected chi connectivity index (χ0v) is 7.27. The Kier molecular flexibility index (Phi) is 19.7. The summed E-state index contributed by atoms with van der Waals surface area (Å²) >= 11 is 0. The average molecular weight is 144 g/mol. The van der Waals surface area contributed by atoms with Gasteiger partial charge in [0.2, 0.25) is 0 Å². The lowest BCUT2D eigenvalue weighted by Crippen LogP contribution is -1.75. The molecule has 1 N–H and O–H groups in total. The van der Waals surface area contributed by atoms with Crippen LogP contribution >= 0.6 is 0 Å². The van der Waals surface area contributed by atoms with E-state index in [2.05, 4.69) is 20.4 Å². The van der Waals surface area contributed by atoms with Crippen LogP contribution in [0.5, 0.6) is 0 Å². The molecule has 0 aliphatic carbocycles. The van der Waals surface area contributed by atoms with Crippen molar-refractivity contribution >= 4 is 0 Å². The van der Waals surface area contributed by atoms with Crippen LogP contribution in [0.2, 0.25) is 0 Å². The number of unbranched alkanes of at least 4 members (excludes halogenated alkanes) is 2. The molecule has 0 rings (SSSR count). The zero-order valence-electron chi connectivity index (χ0n) is 7.27. The molecule has 0 spiro atoms. The first kappa shape index (κ1) is 12.4. The minimum absolute atomic E-state index is 0.344. The SMILES string of the molecule is C=CCCC.CCCCO. The van der Waals surface area contributed by atoms with Crippen LogP contribution in [0.15, 0.2) is 12.7 Å². The van der Waals surface area contributed by atoms with Crippen molar-refractivity contribution in [3.05, 3.63) is 12.7 Å². The number of aliphatic hydroxyl groups excluding tert-OH is 1. The summed E-state index contributed by atoms with van der Waals surface area (Å²) < 4.78 is 0. The molecule has 0 saturated heterocycles. The van der Waals surface area contributed by atoms with Gasteiger partial charge in [0, 0.05) is 6.61 Å². The van der Waals surface area contributed by atoms with Gasteiger partial charge in [-0.25, -0.2) is 0 Å². The van der Waals surface area contributed by atoms with Crippen molar-refractivity contribution in [2.75, 3.05) is 6.61 Å². The van der Waals surface area contributed by atoms with E-state index in [-0.39, 0.29) is 0 Å². The van der Waals surface area contributed by atoms with Crippen LogP contribution in [0.25, 0.3) is 0 Å². The molecule has 0 aliphatic rings. The lowest BCUT2D eigenvalue weighted by Gasteiger charge is -1.79. The summed E-state index contributed by atoms with van der Waals surface area (Å²) in [6.45, 7) is 8.09. The second-order valence-corrected chi connectivity index (χ2v) is 2.15. The van der Waals surface area contributed by atoms with E-state index in [0.717, 1.165) is 19.3 Å². The Morgan fingerprint density at radius 3 is 1.90 bits per heavy atom. The Hall–Kier alpha value is -0.300. The van der Waals surface area contributed by atoms with Gasteiger partial charge in [-0.05, 0) is 12.8 Å². The highest BCUT2D eigenvalue weighted by Crippen LogP contribution is 1.82. The van der Waals surface area contributed by atoms with Crippen LogP contribution in [-0.2, 0) is 0 Å². The van der Waals surface area contributed by atoms with Crippen molar-refractivity contribution in [2.24, 2.45) is 0 Å². The molecule has 1 heteroatoms. The van der Waals surface area contributed by atoms with Gasteiger partial charge < -0.3 is 5.11 Å². The van der Waals surface area contributed by atoms with Crippen molar-refractivity contribution in [2.45, 2.75) is 39.5 Å². The van der Waals surface area contributed by atoms with E-state index in [9.17, 15) is 0 Å². The van der Waals surface area contributed by atoms with Crippen molar-refractivity contribution in [3.63, 3.8) is 0 Å². The van der Waals surface area contributed by atoms with E-state index >= 15 is 0 Å². The molecule has 0 atom stereocenters. The summed E-state index contributed by atoms with van der Waals surface area (Å²) in [5.41, 5.74) is 0. The molecule has 0 bridgehead atoms. The minimum Gasteiger partial charge on any atom is -0.396 e. The number of hydrogen-bond acceptors (Lipinski definition) is 1. The normalized spacial score (nSPS) is 7.90. The van der Waals surface area contributed by atoms with E-state index in [1.165, 1.54) is 6.42 Å². The number of rotatable bonds is 4. The molecule has 0 aromatic heterocycles. The molecule has 0 aromatic carbocycles. The summed E-state index contributed by atoms with van der Waals surface area (Å²) in [6.07, 6.45) is 6.35. The standard InChI is InChI=1S/C5H10.C4H10O/c1-3-5-4-2;1-2-3-4-5/h3H,1,4-5H2,2H3;5H,2-4H2,1H3. The molecule has 0 saturated carbocycles. The summed E-state index contributed by atoms with van der Waals surface area (Å²) in [7, 11) is 0. The third-order valence-corrected chi connectivity index (χ3v) is 1.00. The fourth-order valence-electron chi connectivity index (χ4n) is 0.362. The van der Waals surface area contributed by atoms with E-state index in [0.29, 0.717) is 6.61 Å². The van der Waals surface area contributed by atoms with Crippen molar-refractivity contribution < 1.29 is 5.11 Å². The average Bonchev–Trinajstić information content (AvgIpc) is 1.93. The van der Waals surface area contributed by atoms with E-state index in [1.807, 2.05) is 6.08 Å². The van der Waals surface area contributed by atoms with Gasteiger partial charge >= 0.3 is 0 Å². The van der Waals surface area contributed by atoms with Gasteiger partial charge in [-0.15, -0.1) is 6.58 Å². The molecule has 0 aromatic rings. The highest BCUT2D eigenvalue weighted by atomic mass is 16.2. The summed E-state index contributed by atoms with van der Waals surface area (Å²) in [4.78, 5) is 0. The lowest BCUT2D eigenvalue weighted by molar-refractivity contribution is 0.287. The second kappa shape index (κ2) is 15.9. The van der Waals surface area contributed by atoms with Gasteiger partial charge in [0.1, 0.15) is 0 Å². The third-order valence-electron chi connectivity index (χ3n) is 1.00. The lowest BCUT2D eigenvalue weighted by atomic mass is 10.3. The summed E-state index contributed by atoms with van der Waals surface area (Å²) in [5, 5.41) is 8.07. The molecule has 0 amide bonds. The van der Waals surface area contributed by atoms with Crippen molar-refractivity contribution in [1.29, 1.82) is 0 Å². The quantitative estimate of drug-likeness (QED) is 0.601. The highest BCUT2D eigenvalue weighted by Gasteiger charge is 1.69. The zero-order chi connectivity index (χ0) is 8.24. The Labute approximate surface area is 64.8 Å². The molecule has 0 heterocycles. The Balaban J connectivity index is 0. The molecule has 62 valence electrons. The maximum absolute atomic E-state index is 8.07. The number of aliphatic hydroxyl groups is 1. The van der Waals surface area contributed by atoms with Crippen LogP contribution in [-0.4, -0.2) is 11.7 Å². The van der Waals surface area contributed by atoms with Crippen LogP contribution in [0.1, 0.15) is 39.5 Å². The van der Waals surface area contributed by atoms with Crippen molar-refractivity contribution in [1.82, 2.24) is 0 Å². The second-order valence-electron chi connectivity index (χ2n) is 2.15. The predicted molar refractivity (Wildman–Crippen MR) is 47.1 cm³/mol. The first-order chi connectivity index (χ1) is 4.83. The molecular weight excluding hydrogens is 124 g/mol. The van der Waals surface area contributed by atoms with Gasteiger partial charge in [-0.2, -0.15) is 0 Å². The molecule has 0 fully saturated rings. The Bertz CT molecular complexity index is 48.7. The summed E-state index contributed by atoms with van der Waals surface area (Å²) in [5.74, 6) is 0. The maximum Gasteiger partial charge on any atom is 0.0430 e. The van der Waals surface area contributed by atoms with E-state index in [1.54, 1.807) is 0 Å². The van der Waals surface area contributed by atoms with Crippen molar-refractivity contribution in [3.8, 4) is 0 Å². The molecule has 0 unspecified atom stereocenters. The fraction of sp³-hybridized carbons (Fsp3) is 0.778. The number of allylic oxidation sites excluding steroid dienone is 1. The Morgan fingerprint density at radius 1 is 1.30 bits per heavy atom. The van der Waals surface area contributed by atoms with E-state index < -0.39 is 0 Å². The van der Waals surface area contributed by atoms with E-state index in [4.69, 9.17) is 5.11 Å². The molecular formula is C9H20O. The monoisotopic (exact) mass is 144 g/mol. The largest absolute Gasteiger partial charge is 0.396 e.